The lowest BCUT2D eigenvalue weighted by Gasteiger charge is -2.36. The van der Waals surface area contributed by atoms with E-state index in [1.54, 1.807) is 40.7 Å². The smallest absolute Gasteiger partial charge is 0.248 e. The second-order valence-electron chi connectivity index (χ2n) is 12.4. The van der Waals surface area contributed by atoms with Crippen LogP contribution in [-0.4, -0.2) is 78.3 Å². The van der Waals surface area contributed by atoms with Crippen LogP contribution in [0.1, 0.15) is 78.2 Å². The molecule has 4 rings (SSSR count). The van der Waals surface area contributed by atoms with Crippen LogP contribution in [0, 0.1) is 36.5 Å². The van der Waals surface area contributed by atoms with Gasteiger partial charge in [0, 0.05) is 47.3 Å². The summed E-state index contributed by atoms with van der Waals surface area (Å²) in [4.78, 5) is 53.0. The van der Waals surface area contributed by atoms with Gasteiger partial charge in [-0.2, -0.15) is 0 Å². The van der Waals surface area contributed by atoms with Crippen LogP contribution in [0.25, 0.3) is 0 Å². The number of fused-ring (bicyclic) bond motifs is 15. The fraction of sp³-hybridized carbons (Fsp3) is 0.471. The number of benzene rings is 1. The third kappa shape index (κ3) is 7.01. The summed E-state index contributed by atoms with van der Waals surface area (Å²) in [6.45, 7) is 10.8. The number of aliphatic hydroxyl groups is 4. The lowest BCUT2D eigenvalue weighted by atomic mass is 9.77. The largest absolute Gasteiger partial charge is 0.507 e. The van der Waals surface area contributed by atoms with E-state index in [4.69, 9.17) is 0 Å². The lowest BCUT2D eigenvalue weighted by molar-refractivity contribution is -0.115. The monoisotopic (exact) mass is 625 g/mol. The molecule has 11 heteroatoms. The van der Waals surface area contributed by atoms with E-state index >= 15 is 0 Å². The minimum absolute atomic E-state index is 0.00371. The first-order chi connectivity index (χ1) is 20.9. The Morgan fingerprint density at radius 2 is 1.13 bits per heavy atom. The molecule has 0 spiro atoms. The van der Waals surface area contributed by atoms with Crippen LogP contribution in [-0.2, 0) is 4.79 Å². The third-order valence-electron chi connectivity index (χ3n) is 9.12. The number of ketones is 3. The molecule has 4 bridgehead atoms. The van der Waals surface area contributed by atoms with Crippen molar-refractivity contribution in [3.05, 3.63) is 70.0 Å². The molecule has 0 fully saturated rings. The zero-order valence-electron chi connectivity index (χ0n) is 26.5. The van der Waals surface area contributed by atoms with Crippen LogP contribution < -0.4 is 5.32 Å². The molecule has 11 nitrogen and oxygen atoms in total. The van der Waals surface area contributed by atoms with Gasteiger partial charge in [-0.25, -0.2) is 0 Å². The number of hydrogen-bond acceptors (Lipinski definition) is 10. The number of rotatable bonds is 0. The van der Waals surface area contributed by atoms with Gasteiger partial charge in [0.15, 0.2) is 11.6 Å². The highest BCUT2D eigenvalue weighted by Gasteiger charge is 2.39. The number of nitrogens with one attached hydrogen (secondary N) is 1. The Morgan fingerprint density at radius 3 is 1.69 bits per heavy atom. The molecule has 0 aromatic heterocycles. The topological polar surface area (TPSA) is 202 Å². The molecule has 0 saturated carbocycles. The lowest BCUT2D eigenvalue weighted by Crippen LogP contribution is -2.45. The van der Waals surface area contributed by atoms with Crippen molar-refractivity contribution in [2.45, 2.75) is 72.9 Å². The van der Waals surface area contributed by atoms with Crippen molar-refractivity contribution in [3.63, 3.8) is 0 Å². The third-order valence-corrected chi connectivity index (χ3v) is 9.12. The van der Waals surface area contributed by atoms with E-state index in [0.717, 1.165) is 12.2 Å². The molecule has 1 aromatic carbocycles. The molecule has 9 unspecified atom stereocenters. The number of carbonyl (C=O) groups is 4. The zero-order chi connectivity index (χ0) is 34.1. The normalized spacial score (nSPS) is 32.3. The van der Waals surface area contributed by atoms with Crippen molar-refractivity contribution in [2.24, 2.45) is 29.6 Å². The van der Waals surface area contributed by atoms with Crippen molar-refractivity contribution in [2.75, 3.05) is 0 Å². The average Bonchev–Trinajstić information content (AvgIpc) is 3.00. The molecule has 0 saturated heterocycles. The molecular weight excluding hydrogens is 582 g/mol. The number of amides is 1. The van der Waals surface area contributed by atoms with E-state index in [9.17, 15) is 49.8 Å². The van der Waals surface area contributed by atoms with E-state index in [2.05, 4.69) is 5.32 Å². The number of aliphatic hydroxyl groups excluding tert-OH is 4. The van der Waals surface area contributed by atoms with Crippen molar-refractivity contribution in [1.82, 2.24) is 5.32 Å². The van der Waals surface area contributed by atoms with Gasteiger partial charge in [-0.1, -0.05) is 58.9 Å². The molecule has 7 N–H and O–H groups in total. The molecule has 3 aliphatic rings. The first-order valence-electron chi connectivity index (χ1n) is 14.9. The fourth-order valence-electron chi connectivity index (χ4n) is 5.99. The maximum absolute atomic E-state index is 13.7. The van der Waals surface area contributed by atoms with Gasteiger partial charge in [0.25, 0.3) is 0 Å². The van der Waals surface area contributed by atoms with Crippen LogP contribution in [0.3, 0.4) is 0 Å². The minimum atomic E-state index is -1.20. The summed E-state index contributed by atoms with van der Waals surface area (Å²) in [6.07, 6.45) is 3.16. The number of hydrogen-bond donors (Lipinski definition) is 7. The zero-order valence-corrected chi connectivity index (χ0v) is 26.5. The maximum atomic E-state index is 13.7. The van der Waals surface area contributed by atoms with Gasteiger partial charge in [-0.3, -0.25) is 19.2 Å². The molecule has 2 aliphatic heterocycles. The number of aromatic hydroxyl groups is 2. The van der Waals surface area contributed by atoms with E-state index < -0.39 is 111 Å². The highest BCUT2D eigenvalue weighted by Crippen LogP contribution is 2.41. The number of phenolic OH excluding ortho intramolecular Hbond substituents is 2. The summed E-state index contributed by atoms with van der Waals surface area (Å²) >= 11 is 0. The highest BCUT2D eigenvalue weighted by molar-refractivity contribution is 6.31. The van der Waals surface area contributed by atoms with Crippen LogP contribution in [0.15, 0.2) is 47.7 Å². The van der Waals surface area contributed by atoms with Crippen molar-refractivity contribution in [1.29, 1.82) is 0 Å². The van der Waals surface area contributed by atoms with Gasteiger partial charge in [0.1, 0.15) is 11.5 Å². The van der Waals surface area contributed by atoms with Gasteiger partial charge in [0.05, 0.1) is 46.8 Å². The predicted octanol–water partition coefficient (Wildman–Crippen LogP) is 2.66. The fourth-order valence-corrected chi connectivity index (χ4v) is 5.99. The van der Waals surface area contributed by atoms with Gasteiger partial charge in [-0.05, 0) is 19.4 Å². The van der Waals surface area contributed by atoms with Crippen molar-refractivity contribution >= 4 is 23.3 Å². The Balaban J connectivity index is 2.17. The molecule has 1 aliphatic carbocycles. The number of carbonyl (C=O) groups excluding carboxylic acids is 4. The van der Waals surface area contributed by atoms with Gasteiger partial charge in [0.2, 0.25) is 11.7 Å². The second kappa shape index (κ2) is 14.0. The SMILES string of the molecule is CC1=CC(C)C(O)C(C)C(O)C(C)C(O)C(C)C(O)C(C)C=CC=CC(=O)NC2=CC(=O)c3c(c(O)c(C)c(O)c3C2=O)C1=O. The van der Waals surface area contributed by atoms with Gasteiger partial charge >= 0.3 is 0 Å². The first-order valence-corrected chi connectivity index (χ1v) is 14.9. The molecule has 45 heavy (non-hydrogen) atoms. The predicted molar refractivity (Wildman–Crippen MR) is 166 cm³/mol. The van der Waals surface area contributed by atoms with Crippen LogP contribution in [0.4, 0.5) is 0 Å². The summed E-state index contributed by atoms with van der Waals surface area (Å²) in [5.41, 5.74) is -2.23. The van der Waals surface area contributed by atoms with Gasteiger partial charge in [-0.15, -0.1) is 0 Å². The summed E-state index contributed by atoms with van der Waals surface area (Å²) in [5, 5.41) is 68.1. The second-order valence-corrected chi connectivity index (χ2v) is 12.4. The number of allylic oxidation sites excluding steroid dienone is 5. The first kappa shape index (κ1) is 35.6. The molecule has 244 valence electrons. The van der Waals surface area contributed by atoms with E-state index in [0.29, 0.717) is 0 Å². The summed E-state index contributed by atoms with van der Waals surface area (Å²) in [7, 11) is 0. The van der Waals surface area contributed by atoms with Crippen molar-refractivity contribution < 1.29 is 49.8 Å². The van der Waals surface area contributed by atoms with E-state index in [-0.39, 0.29) is 11.1 Å². The minimum Gasteiger partial charge on any atom is -0.507 e. The standard InChI is InChI=1S/C34H43NO10/c1-14-10-8-9-11-23(37)35-21-13-22(36)24-25(32(43)20(7)33(44)26(24)34(21)45)29(40)16(3)12-15(2)28(39)18(5)31(42)19(6)30(41)17(4)27(14)38/h8-15,17-19,27-28,30-31,38-39,41-44H,1-7H3,(H,35,37). The Hall–Kier alpha value is -3.90. The number of phenols is 2. The summed E-state index contributed by atoms with van der Waals surface area (Å²) < 4.78 is 0. The average molecular weight is 626 g/mol. The molecule has 0 radical (unpaired) electrons. The highest BCUT2D eigenvalue weighted by atomic mass is 16.3. The molecule has 2 heterocycles. The Bertz CT molecular complexity index is 1500. The van der Waals surface area contributed by atoms with Gasteiger partial charge < -0.3 is 36.0 Å². The van der Waals surface area contributed by atoms with Crippen LogP contribution in [0.5, 0.6) is 11.5 Å². The number of Topliss-reactive ketones (excluding diaryl/α,β-unsaturated/α-hetero) is 2. The summed E-state index contributed by atoms with van der Waals surface area (Å²) in [6, 6.07) is 0. The Morgan fingerprint density at radius 1 is 0.644 bits per heavy atom. The van der Waals surface area contributed by atoms with E-state index in [1.165, 1.54) is 32.1 Å². The van der Waals surface area contributed by atoms with E-state index in [1.807, 2.05) is 0 Å². The maximum Gasteiger partial charge on any atom is 0.248 e. The molecule has 1 amide bonds. The Kier molecular flexibility index (Phi) is 11.1. The molecule has 1 aromatic rings. The van der Waals surface area contributed by atoms with Crippen LogP contribution >= 0.6 is 0 Å². The Labute approximate surface area is 262 Å². The molecular formula is C34H43NO10. The van der Waals surface area contributed by atoms with Crippen molar-refractivity contribution in [3.8, 4) is 11.5 Å². The quantitative estimate of drug-likeness (QED) is 0.225. The molecule has 9 atom stereocenters. The summed E-state index contributed by atoms with van der Waals surface area (Å²) in [5.74, 6) is -8.32. The van der Waals surface area contributed by atoms with Crippen LogP contribution in [0.2, 0.25) is 0 Å².